The minimum absolute atomic E-state index is 0.749. The summed E-state index contributed by atoms with van der Waals surface area (Å²) in [5.41, 5.74) is 3.50. The lowest BCUT2D eigenvalue weighted by molar-refractivity contribution is 0.466. The smallest absolute Gasteiger partial charge is 0.139 e. The van der Waals surface area contributed by atoms with Crippen molar-refractivity contribution >= 4 is 45.6 Å². The van der Waals surface area contributed by atoms with Crippen LogP contribution in [0, 0.1) is 0 Å². The van der Waals surface area contributed by atoms with Crippen LogP contribution in [0.3, 0.4) is 0 Å². The van der Waals surface area contributed by atoms with Gasteiger partial charge < -0.3 is 14.0 Å². The molecule has 5 aromatic carbocycles. The first kappa shape index (κ1) is 18.4. The minimum atomic E-state index is -0.749. The number of nitrogens with zero attached hydrogens (tertiary/aromatic N) is 1. The second kappa shape index (κ2) is 6.72. The Bertz CT molecular complexity index is 1730. The van der Waals surface area contributed by atoms with Crippen molar-refractivity contribution in [2.75, 3.05) is 0 Å². The monoisotopic (exact) mass is 455 g/mol. The Morgan fingerprint density at radius 1 is 0.500 bits per heavy atom. The zero-order chi connectivity index (χ0) is 22.2. The molecule has 2 aliphatic rings. The molecule has 34 heavy (non-hydrogen) atoms. The summed E-state index contributed by atoms with van der Waals surface area (Å²) < 4.78 is 15.1. The van der Waals surface area contributed by atoms with Crippen LogP contribution in [0.4, 0.5) is 0 Å². The molecule has 2 aliphatic heterocycles. The number of para-hydroxylation sites is 3. The van der Waals surface area contributed by atoms with E-state index in [2.05, 4.69) is 95.6 Å². The summed E-state index contributed by atoms with van der Waals surface area (Å²) in [6.45, 7) is 0. The summed E-state index contributed by atoms with van der Waals surface area (Å²) in [6, 6.07) is 38.4. The Morgan fingerprint density at radius 3 is 1.85 bits per heavy atom. The summed E-state index contributed by atoms with van der Waals surface area (Å²) in [4.78, 5) is 0. The van der Waals surface area contributed by atoms with Gasteiger partial charge in [0.05, 0.1) is 16.3 Å². The average molecular weight is 455 g/mol. The summed E-state index contributed by atoms with van der Waals surface area (Å²) in [5, 5.41) is 6.17. The van der Waals surface area contributed by atoms with Gasteiger partial charge in [0.2, 0.25) is 0 Å². The van der Waals surface area contributed by atoms with Crippen LogP contribution in [0.15, 0.2) is 109 Å². The first-order valence-corrected chi connectivity index (χ1v) is 12.7. The standard InChI is InChI=1S/C30H18NO2P/c1-3-10-22-20(8-1)21-9-2-4-11-23(21)31(22)19-16-17-29-27(18-19)33-26-14-7-13-25-30(26)34(29)28-15-6-5-12-24(28)32-25/h1-18H. The molecule has 0 aliphatic carbocycles. The van der Waals surface area contributed by atoms with E-state index in [1.54, 1.807) is 0 Å². The molecule has 0 radical (unpaired) electrons. The molecule has 3 heterocycles. The summed E-state index contributed by atoms with van der Waals surface area (Å²) in [7, 11) is -0.749. The highest BCUT2D eigenvalue weighted by atomic mass is 31.1. The molecule has 6 aromatic rings. The predicted octanol–water partition coefficient (Wildman–Crippen LogP) is 6.75. The Kier molecular flexibility index (Phi) is 3.63. The van der Waals surface area contributed by atoms with Gasteiger partial charge in [-0.1, -0.05) is 60.7 Å². The molecule has 1 atom stereocenters. The number of fused-ring (bicyclic) bond motifs is 7. The van der Waals surface area contributed by atoms with Gasteiger partial charge in [-0.15, -0.1) is 0 Å². The summed E-state index contributed by atoms with van der Waals surface area (Å²) in [6.07, 6.45) is 0. The van der Waals surface area contributed by atoms with E-state index in [9.17, 15) is 0 Å². The van der Waals surface area contributed by atoms with E-state index >= 15 is 0 Å². The Labute approximate surface area is 197 Å². The molecule has 1 unspecified atom stereocenters. The van der Waals surface area contributed by atoms with Crippen LogP contribution in [-0.2, 0) is 0 Å². The van der Waals surface area contributed by atoms with Gasteiger partial charge in [0.25, 0.3) is 0 Å². The van der Waals surface area contributed by atoms with Crippen LogP contribution in [0.5, 0.6) is 23.0 Å². The number of benzene rings is 5. The first-order chi connectivity index (χ1) is 16.9. The van der Waals surface area contributed by atoms with E-state index < -0.39 is 7.92 Å². The van der Waals surface area contributed by atoms with Crippen LogP contribution >= 0.6 is 7.92 Å². The molecule has 1 aromatic heterocycles. The van der Waals surface area contributed by atoms with Gasteiger partial charge in [0.1, 0.15) is 23.0 Å². The fourth-order valence-electron chi connectivity index (χ4n) is 5.33. The molecule has 0 amide bonds. The number of ether oxygens (including phenoxy) is 2. The fourth-order valence-corrected chi connectivity index (χ4v) is 7.88. The van der Waals surface area contributed by atoms with Crippen molar-refractivity contribution in [1.29, 1.82) is 0 Å². The molecular weight excluding hydrogens is 437 g/mol. The molecule has 3 nitrogen and oxygen atoms in total. The van der Waals surface area contributed by atoms with Crippen LogP contribution < -0.4 is 25.4 Å². The highest BCUT2D eigenvalue weighted by Crippen LogP contribution is 2.52. The number of hydrogen-bond donors (Lipinski definition) is 0. The molecule has 0 saturated carbocycles. The molecule has 0 N–H and O–H groups in total. The van der Waals surface area contributed by atoms with Crippen molar-refractivity contribution in [3.05, 3.63) is 109 Å². The van der Waals surface area contributed by atoms with Gasteiger partial charge in [-0.3, -0.25) is 0 Å². The zero-order valence-corrected chi connectivity index (χ0v) is 19.0. The van der Waals surface area contributed by atoms with E-state index in [-0.39, 0.29) is 0 Å². The van der Waals surface area contributed by atoms with E-state index in [1.807, 2.05) is 18.2 Å². The van der Waals surface area contributed by atoms with Gasteiger partial charge in [-0.2, -0.15) is 0 Å². The second-order valence-electron chi connectivity index (χ2n) is 8.63. The number of aromatic nitrogens is 1. The third-order valence-corrected chi connectivity index (χ3v) is 9.34. The molecular formula is C30H18NO2P. The highest BCUT2D eigenvalue weighted by Gasteiger charge is 2.36. The van der Waals surface area contributed by atoms with Gasteiger partial charge in [-0.25, -0.2) is 0 Å². The van der Waals surface area contributed by atoms with Crippen LogP contribution in [0.2, 0.25) is 0 Å². The lowest BCUT2D eigenvalue weighted by atomic mass is 10.2. The predicted molar refractivity (Wildman–Crippen MR) is 140 cm³/mol. The van der Waals surface area contributed by atoms with Crippen molar-refractivity contribution in [3.63, 3.8) is 0 Å². The third kappa shape index (κ3) is 2.40. The largest absolute Gasteiger partial charge is 0.456 e. The maximum absolute atomic E-state index is 6.52. The number of hydrogen-bond acceptors (Lipinski definition) is 2. The Morgan fingerprint density at radius 2 is 1.09 bits per heavy atom. The molecule has 0 bridgehead atoms. The molecule has 8 rings (SSSR count). The lowest BCUT2D eigenvalue weighted by Crippen LogP contribution is -2.31. The van der Waals surface area contributed by atoms with Crippen LogP contribution in [-0.4, -0.2) is 4.57 Å². The number of rotatable bonds is 1. The van der Waals surface area contributed by atoms with Gasteiger partial charge in [-0.05, 0) is 42.5 Å². The van der Waals surface area contributed by atoms with E-state index in [0.29, 0.717) is 0 Å². The van der Waals surface area contributed by atoms with E-state index in [1.165, 1.54) is 37.7 Å². The maximum Gasteiger partial charge on any atom is 0.139 e. The lowest BCUT2D eigenvalue weighted by Gasteiger charge is -2.34. The maximum atomic E-state index is 6.52. The zero-order valence-electron chi connectivity index (χ0n) is 18.1. The molecule has 0 spiro atoms. The van der Waals surface area contributed by atoms with Crippen LogP contribution in [0.1, 0.15) is 0 Å². The minimum Gasteiger partial charge on any atom is -0.456 e. The van der Waals surface area contributed by atoms with Crippen molar-refractivity contribution in [1.82, 2.24) is 4.57 Å². The Hall–Kier alpha value is -4.07. The second-order valence-corrected chi connectivity index (χ2v) is 10.7. The highest BCUT2D eigenvalue weighted by molar-refractivity contribution is 7.80. The topological polar surface area (TPSA) is 23.4 Å². The Balaban J connectivity index is 1.39. The molecule has 0 saturated heterocycles. The fraction of sp³-hybridized carbons (Fsp3) is 0. The van der Waals surface area contributed by atoms with Gasteiger partial charge in [0.15, 0.2) is 0 Å². The third-order valence-electron chi connectivity index (χ3n) is 6.75. The molecule has 160 valence electrons. The normalized spacial score (nSPS) is 15.2. The SMILES string of the molecule is c1ccc2c(c1)Oc1cccc3c1P2c1ccc(-n2c4ccccc4c4ccccc42)cc1O3. The van der Waals surface area contributed by atoms with Gasteiger partial charge in [0, 0.05) is 41.1 Å². The molecule has 0 fully saturated rings. The average Bonchev–Trinajstić information content (AvgIpc) is 3.23. The van der Waals surface area contributed by atoms with E-state index in [0.717, 1.165) is 28.7 Å². The van der Waals surface area contributed by atoms with Crippen molar-refractivity contribution < 1.29 is 9.47 Å². The summed E-state index contributed by atoms with van der Waals surface area (Å²) in [5.74, 6) is 3.66. The van der Waals surface area contributed by atoms with Crippen molar-refractivity contribution in [2.45, 2.75) is 0 Å². The van der Waals surface area contributed by atoms with Crippen LogP contribution in [0.25, 0.3) is 27.5 Å². The van der Waals surface area contributed by atoms with Crippen molar-refractivity contribution in [3.8, 4) is 28.7 Å². The molecule has 4 heteroatoms. The summed E-state index contributed by atoms with van der Waals surface area (Å²) >= 11 is 0. The first-order valence-electron chi connectivity index (χ1n) is 11.4. The van der Waals surface area contributed by atoms with E-state index in [4.69, 9.17) is 9.47 Å². The van der Waals surface area contributed by atoms with Gasteiger partial charge >= 0.3 is 0 Å². The quantitative estimate of drug-likeness (QED) is 0.256. The van der Waals surface area contributed by atoms with Crippen molar-refractivity contribution in [2.24, 2.45) is 0 Å².